The number of quaternary nitrogens is 1. The first kappa shape index (κ1) is 37.9. The molecule has 2 amide bonds. The van der Waals surface area contributed by atoms with Gasteiger partial charge in [-0.1, -0.05) is 41.0 Å². The lowest BCUT2D eigenvalue weighted by atomic mass is 9.98. The number of carbonyl (C=O) groups is 4. The number of carbonyl (C=O) groups excluding carboxylic acids is 2. The van der Waals surface area contributed by atoms with Crippen LogP contribution in [0.25, 0.3) is 0 Å². The number of nitrogens with two attached hydrogens (primary N) is 1. The van der Waals surface area contributed by atoms with Gasteiger partial charge in [-0.3, -0.25) is 14.5 Å². The maximum atomic E-state index is 13.3. The highest BCUT2D eigenvalue weighted by molar-refractivity contribution is 8.00. The molecule has 18 heteroatoms. The Kier molecular flexibility index (Phi) is 10.4. The van der Waals surface area contributed by atoms with Gasteiger partial charge < -0.3 is 40.8 Å². The maximum absolute atomic E-state index is 13.3. The zero-order chi connectivity index (χ0) is 38.4. The summed E-state index contributed by atoms with van der Waals surface area (Å²) in [4.78, 5) is 61.0. The topological polar surface area (TPSA) is 225 Å². The van der Waals surface area contributed by atoms with Gasteiger partial charge in [0.2, 0.25) is 5.60 Å². The second-order valence-corrected chi connectivity index (χ2v) is 16.4. The number of thiazole rings is 1. The van der Waals surface area contributed by atoms with Crippen LogP contribution in [0.2, 0.25) is 5.02 Å². The van der Waals surface area contributed by atoms with Crippen LogP contribution in [0.3, 0.4) is 0 Å². The minimum absolute atomic E-state index is 0.0246. The average molecular weight is 786 g/mol. The fourth-order valence-electron chi connectivity index (χ4n) is 6.63. The zero-order valence-electron chi connectivity index (χ0n) is 29.0. The standard InChI is InChI=1S/C35H37ClN6O9S2/c1-35(2,33(49)50)51-40-25(22-16-53-34(37)38-22)29(45)39-26-30(46)41-27(32(47)48)19(15-52-31(26)41)6-4-5-17-7-9-18(10-8-17)12-42(3)13-20-11-23(43)28(44)24(36)21(20)14-42/h7-11,16,26,31H,4-6,12-15H2,1-3H3,(H6-,37,38,39,40,43,44,45,47,48,49,50)/p+1/t26-,31-,42?/m1/s1. The number of aromatic nitrogens is 1. The van der Waals surface area contributed by atoms with Gasteiger partial charge in [0.05, 0.1) is 12.1 Å². The van der Waals surface area contributed by atoms with Crippen LogP contribution in [0.5, 0.6) is 11.5 Å². The fraction of sp³-hybridized carbons (Fsp3) is 0.371. The van der Waals surface area contributed by atoms with E-state index in [1.807, 2.05) is 12.1 Å². The molecule has 3 aliphatic rings. The number of hydrogen-bond acceptors (Lipinski definition) is 12. The third-order valence-corrected chi connectivity index (χ3v) is 11.9. The molecule has 6 rings (SSSR count). The first-order chi connectivity index (χ1) is 25.0. The van der Waals surface area contributed by atoms with Crippen molar-refractivity contribution in [3.63, 3.8) is 0 Å². The Morgan fingerprint density at radius 3 is 2.49 bits per heavy atom. The highest BCUT2D eigenvalue weighted by Gasteiger charge is 2.54. The third-order valence-electron chi connectivity index (χ3n) is 9.43. The van der Waals surface area contributed by atoms with Crippen molar-refractivity contribution in [3.05, 3.63) is 80.0 Å². The van der Waals surface area contributed by atoms with E-state index in [1.165, 1.54) is 35.9 Å². The number of hydrogen-bond donors (Lipinski definition) is 6. The molecular formula is C35H38ClN6O9S2+. The monoisotopic (exact) mass is 785 g/mol. The molecule has 0 aliphatic carbocycles. The van der Waals surface area contributed by atoms with Gasteiger partial charge in [0.25, 0.3) is 11.8 Å². The number of rotatable bonds is 13. The first-order valence-corrected chi connectivity index (χ1v) is 18.8. The first-order valence-electron chi connectivity index (χ1n) is 16.5. The molecule has 53 heavy (non-hydrogen) atoms. The van der Waals surface area contributed by atoms with E-state index in [-0.39, 0.29) is 38.8 Å². The van der Waals surface area contributed by atoms with E-state index in [2.05, 4.69) is 34.6 Å². The van der Waals surface area contributed by atoms with Crippen molar-refractivity contribution < 1.29 is 48.9 Å². The summed E-state index contributed by atoms with van der Waals surface area (Å²) in [6, 6.07) is 8.73. The maximum Gasteiger partial charge on any atom is 0.352 e. The highest BCUT2D eigenvalue weighted by Crippen LogP contribution is 2.44. The number of carboxylic acid groups (broad SMARTS) is 2. The molecule has 1 fully saturated rings. The number of halogens is 1. The van der Waals surface area contributed by atoms with E-state index in [9.17, 15) is 39.6 Å². The number of oxime groups is 1. The van der Waals surface area contributed by atoms with Gasteiger partial charge in [0.15, 0.2) is 22.3 Å². The van der Waals surface area contributed by atoms with Crippen LogP contribution in [-0.4, -0.2) is 94.1 Å². The van der Waals surface area contributed by atoms with Crippen molar-refractivity contribution in [2.24, 2.45) is 5.16 Å². The van der Waals surface area contributed by atoms with E-state index in [1.54, 1.807) is 6.07 Å². The number of β-lactam (4-membered cyclic amide) rings is 1. The number of nitrogen functional groups attached to an aromatic ring is 1. The van der Waals surface area contributed by atoms with E-state index in [4.69, 9.17) is 22.2 Å². The van der Waals surface area contributed by atoms with Crippen molar-refractivity contribution in [2.75, 3.05) is 18.5 Å². The number of phenols is 2. The lowest BCUT2D eigenvalue weighted by Crippen LogP contribution is -2.71. The zero-order valence-corrected chi connectivity index (χ0v) is 31.3. The van der Waals surface area contributed by atoms with Crippen LogP contribution in [0.15, 0.2) is 52.1 Å². The van der Waals surface area contributed by atoms with E-state index >= 15 is 0 Å². The number of aromatic hydroxyl groups is 2. The molecule has 280 valence electrons. The number of anilines is 1. The van der Waals surface area contributed by atoms with Crippen molar-refractivity contribution in [1.29, 1.82) is 0 Å². The number of nitrogens with one attached hydrogen (secondary N) is 1. The largest absolute Gasteiger partial charge is 0.504 e. The Morgan fingerprint density at radius 1 is 1.15 bits per heavy atom. The van der Waals surface area contributed by atoms with Crippen LogP contribution in [0.4, 0.5) is 5.13 Å². The SMILES string of the molecule is CC(C)(O/N=C(\C(=O)N[C@@H]1C(=O)N2C(C(=O)O)=C(CCCc3ccc(C[N+]4(C)Cc5cc(O)c(O)c(Cl)c5C4)cc3)CS[C@H]12)c1csc(N)n1)C(=O)O. The molecule has 0 radical (unpaired) electrons. The number of carboxylic acids is 2. The number of phenolic OH excluding ortho intramolecular Hbond substituents is 2. The molecule has 1 aromatic heterocycles. The second kappa shape index (κ2) is 14.5. The second-order valence-electron chi connectivity index (χ2n) is 14.0. The Labute approximate surface area is 317 Å². The molecule has 3 aromatic rings. The molecule has 0 saturated carbocycles. The predicted molar refractivity (Wildman–Crippen MR) is 197 cm³/mol. The molecule has 15 nitrogen and oxygen atoms in total. The van der Waals surface area contributed by atoms with Gasteiger partial charge >= 0.3 is 11.9 Å². The van der Waals surface area contributed by atoms with Crippen LogP contribution in [0, 0.1) is 0 Å². The molecule has 3 aliphatic heterocycles. The normalized spacial score (nSPS) is 21.2. The van der Waals surface area contributed by atoms with Crippen molar-refractivity contribution in [3.8, 4) is 11.5 Å². The van der Waals surface area contributed by atoms with Gasteiger partial charge in [-0.2, -0.15) is 0 Å². The molecule has 7 N–H and O–H groups in total. The number of nitrogens with zero attached hydrogens (tertiary/aromatic N) is 4. The van der Waals surface area contributed by atoms with Gasteiger partial charge in [-0.25, -0.2) is 14.6 Å². The summed E-state index contributed by atoms with van der Waals surface area (Å²) in [5.41, 5.74) is 8.08. The van der Waals surface area contributed by atoms with Crippen LogP contribution in [-0.2, 0) is 50.1 Å². The van der Waals surface area contributed by atoms with Crippen LogP contribution < -0.4 is 11.1 Å². The summed E-state index contributed by atoms with van der Waals surface area (Å²) in [6.45, 7) is 4.50. The number of amides is 2. The molecule has 4 heterocycles. The van der Waals surface area contributed by atoms with Crippen molar-refractivity contribution in [2.45, 2.75) is 69.8 Å². The van der Waals surface area contributed by atoms with Gasteiger partial charge in [-0.15, -0.1) is 23.1 Å². The smallest absolute Gasteiger partial charge is 0.352 e. The molecule has 1 unspecified atom stereocenters. The number of benzene rings is 2. The Hall–Kier alpha value is -4.84. The molecular weight excluding hydrogens is 748 g/mol. The third kappa shape index (κ3) is 7.65. The summed E-state index contributed by atoms with van der Waals surface area (Å²) >= 11 is 8.68. The molecule has 1 saturated heterocycles. The molecule has 3 atom stereocenters. The number of aliphatic carboxylic acids is 2. The average Bonchev–Trinajstić information content (AvgIpc) is 3.68. The number of thioether (sulfide) groups is 1. The highest BCUT2D eigenvalue weighted by atomic mass is 35.5. The molecule has 0 spiro atoms. The van der Waals surface area contributed by atoms with E-state index in [0.29, 0.717) is 48.2 Å². The Bertz CT molecular complexity index is 2070. The van der Waals surface area contributed by atoms with Gasteiger partial charge in [0.1, 0.15) is 42.4 Å². The lowest BCUT2D eigenvalue weighted by molar-refractivity contribution is -0.941. The predicted octanol–water partition coefficient (Wildman–Crippen LogP) is 3.80. The number of fused-ring (bicyclic) bond motifs is 2. The summed E-state index contributed by atoms with van der Waals surface area (Å²) < 4.78 is 0.636. The van der Waals surface area contributed by atoms with Crippen LogP contribution in [0.1, 0.15) is 54.6 Å². The minimum Gasteiger partial charge on any atom is -0.504 e. The van der Waals surface area contributed by atoms with E-state index in [0.717, 1.165) is 40.1 Å². The van der Waals surface area contributed by atoms with Crippen molar-refractivity contribution >= 4 is 69.3 Å². The molecule has 2 aromatic carbocycles. The van der Waals surface area contributed by atoms with Crippen LogP contribution >= 0.6 is 34.7 Å². The number of aryl methyl sites for hydroxylation is 1. The Morgan fingerprint density at radius 2 is 1.85 bits per heavy atom. The van der Waals surface area contributed by atoms with E-state index < -0.39 is 40.8 Å². The van der Waals surface area contributed by atoms with Crippen molar-refractivity contribution in [1.82, 2.24) is 15.2 Å². The summed E-state index contributed by atoms with van der Waals surface area (Å²) in [6.07, 6.45) is 1.79. The molecule has 0 bridgehead atoms. The minimum atomic E-state index is -1.77. The summed E-state index contributed by atoms with van der Waals surface area (Å²) in [7, 11) is 2.10. The van der Waals surface area contributed by atoms with Gasteiger partial charge in [0, 0.05) is 27.8 Å². The lowest BCUT2D eigenvalue weighted by Gasteiger charge is -2.49. The quantitative estimate of drug-likeness (QED) is 0.0479. The fourth-order valence-corrected chi connectivity index (χ4v) is 8.85. The summed E-state index contributed by atoms with van der Waals surface area (Å²) in [5, 5.41) is 47.0. The Balaban J connectivity index is 1.06. The summed E-state index contributed by atoms with van der Waals surface area (Å²) in [5.74, 6) is -4.18. The van der Waals surface area contributed by atoms with Gasteiger partial charge in [-0.05, 0) is 50.3 Å².